The van der Waals surface area contributed by atoms with E-state index < -0.39 is 0 Å². The van der Waals surface area contributed by atoms with Crippen LogP contribution in [0, 0.1) is 5.92 Å². The highest BCUT2D eigenvalue weighted by Crippen LogP contribution is 2.35. The van der Waals surface area contributed by atoms with Crippen LogP contribution in [0.1, 0.15) is 63.1 Å². The molecule has 1 fully saturated rings. The van der Waals surface area contributed by atoms with Gasteiger partial charge in [0.25, 0.3) is 0 Å². The van der Waals surface area contributed by atoms with Gasteiger partial charge in [-0.3, -0.25) is 0 Å². The molecule has 1 saturated carbocycles. The van der Waals surface area contributed by atoms with E-state index >= 15 is 0 Å². The van der Waals surface area contributed by atoms with Crippen molar-refractivity contribution in [3.8, 4) is 0 Å². The van der Waals surface area contributed by atoms with Crippen LogP contribution in [-0.2, 0) is 11.2 Å². The van der Waals surface area contributed by atoms with Crippen molar-refractivity contribution >= 4 is 11.1 Å². The molecule has 0 radical (unpaired) electrons. The third-order valence-corrected chi connectivity index (χ3v) is 4.94. The lowest BCUT2D eigenvalue weighted by Crippen LogP contribution is -2.05. The maximum atomic E-state index is 5.55. The molecule has 1 aliphatic carbocycles. The number of hydrogen-bond acceptors (Lipinski definition) is 1. The summed E-state index contributed by atoms with van der Waals surface area (Å²) in [6.07, 6.45) is 6.63. The lowest BCUT2D eigenvalue weighted by molar-refractivity contribution is 0.296. The molecule has 2 rings (SSSR count). The number of hydrogen-bond donors (Lipinski definition) is 0. The van der Waals surface area contributed by atoms with Crippen molar-refractivity contribution in [2.24, 2.45) is 5.92 Å². The fourth-order valence-electron chi connectivity index (χ4n) is 3.60. The normalized spacial score (nSPS) is 16.2. The first-order valence-corrected chi connectivity index (χ1v) is 8.64. The molecule has 1 nitrogen and oxygen atoms in total. The zero-order chi connectivity index (χ0) is 17.0. The molecule has 124 valence electrons. The van der Waals surface area contributed by atoms with Crippen LogP contribution < -0.4 is 0 Å². The summed E-state index contributed by atoms with van der Waals surface area (Å²) in [4.78, 5) is 0. The van der Waals surface area contributed by atoms with E-state index in [9.17, 15) is 0 Å². The quantitative estimate of drug-likeness (QED) is 0.436. The van der Waals surface area contributed by atoms with Gasteiger partial charge in [0.05, 0.1) is 7.11 Å². The van der Waals surface area contributed by atoms with Crippen LogP contribution in [0.4, 0.5) is 0 Å². The Morgan fingerprint density at radius 3 is 2.30 bits per heavy atom. The first-order valence-electron chi connectivity index (χ1n) is 8.64. The zero-order valence-electron chi connectivity index (χ0n) is 15.2. The van der Waals surface area contributed by atoms with Gasteiger partial charge < -0.3 is 4.74 Å². The molecule has 1 aliphatic rings. The minimum absolute atomic E-state index is 0.818. The van der Waals surface area contributed by atoms with Crippen molar-refractivity contribution in [1.29, 1.82) is 0 Å². The molecule has 0 aliphatic heterocycles. The lowest BCUT2D eigenvalue weighted by atomic mass is 9.87. The Balaban J connectivity index is 2.53. The predicted octanol–water partition coefficient (Wildman–Crippen LogP) is 6.41. The Hall–Kier alpha value is -1.76. The van der Waals surface area contributed by atoms with E-state index in [1.54, 1.807) is 7.11 Å². The first kappa shape index (κ1) is 17.6. The van der Waals surface area contributed by atoms with Gasteiger partial charge in [-0.2, -0.15) is 0 Å². The maximum Gasteiger partial charge on any atom is 0.100 e. The molecule has 1 aromatic carbocycles. The summed E-state index contributed by atoms with van der Waals surface area (Å²) < 4.78 is 5.55. The maximum absolute atomic E-state index is 5.55. The standard InChI is InChI=1S/C22H30O/c1-15(2)19-11-12-20(13-18-9-7-8-10-18)21(14-19)22(16(3)4)17(5)23-6/h11-12,14,18H,1,3,7-10,13H2,2,4-6H3/b22-17+. The molecular formula is C22H30O. The average molecular weight is 310 g/mol. The van der Waals surface area contributed by atoms with E-state index in [2.05, 4.69) is 45.2 Å². The first-order chi connectivity index (χ1) is 10.9. The highest BCUT2D eigenvalue weighted by molar-refractivity contribution is 5.82. The topological polar surface area (TPSA) is 9.23 Å². The van der Waals surface area contributed by atoms with Crippen molar-refractivity contribution in [2.75, 3.05) is 7.11 Å². The number of allylic oxidation sites excluding steroid dienone is 4. The fraction of sp³-hybridized carbons (Fsp3) is 0.455. The van der Waals surface area contributed by atoms with Crippen molar-refractivity contribution in [3.63, 3.8) is 0 Å². The molecule has 0 N–H and O–H groups in total. The Bertz CT molecular complexity index is 627. The molecule has 0 atom stereocenters. The molecule has 0 heterocycles. The van der Waals surface area contributed by atoms with Gasteiger partial charge >= 0.3 is 0 Å². The SMILES string of the molecule is C=C(C)/C(=C(/C)OC)c1cc(C(=C)C)ccc1CC1CCCC1. The van der Waals surface area contributed by atoms with Gasteiger partial charge in [0.1, 0.15) is 5.76 Å². The Labute approximate surface area is 141 Å². The van der Waals surface area contributed by atoms with Gasteiger partial charge in [0, 0.05) is 5.57 Å². The van der Waals surface area contributed by atoms with Crippen molar-refractivity contribution in [1.82, 2.24) is 0 Å². The number of rotatable bonds is 6. The molecule has 1 aromatic rings. The van der Waals surface area contributed by atoms with Crippen LogP contribution in [0.25, 0.3) is 11.1 Å². The molecule has 1 heteroatoms. The second-order valence-electron chi connectivity index (χ2n) is 6.92. The molecule has 0 unspecified atom stereocenters. The molecular weight excluding hydrogens is 280 g/mol. The average Bonchev–Trinajstić information content (AvgIpc) is 3.01. The minimum atomic E-state index is 0.818. The highest BCUT2D eigenvalue weighted by Gasteiger charge is 2.20. The van der Waals surface area contributed by atoms with Gasteiger partial charge in [-0.1, -0.05) is 56.5 Å². The molecule has 0 saturated heterocycles. The van der Waals surface area contributed by atoms with Gasteiger partial charge in [-0.15, -0.1) is 0 Å². The van der Waals surface area contributed by atoms with Gasteiger partial charge in [-0.25, -0.2) is 0 Å². The van der Waals surface area contributed by atoms with E-state index in [1.807, 2.05) is 6.92 Å². The molecule has 0 spiro atoms. The van der Waals surface area contributed by atoms with Gasteiger partial charge in [-0.05, 0) is 61.4 Å². The number of benzene rings is 1. The monoisotopic (exact) mass is 310 g/mol. The summed E-state index contributed by atoms with van der Waals surface area (Å²) in [6.45, 7) is 14.4. The second kappa shape index (κ2) is 7.68. The molecule has 0 bridgehead atoms. The van der Waals surface area contributed by atoms with E-state index in [0.717, 1.165) is 34.8 Å². The summed E-state index contributed by atoms with van der Waals surface area (Å²) in [5, 5.41) is 0. The van der Waals surface area contributed by atoms with E-state index in [0.29, 0.717) is 0 Å². The van der Waals surface area contributed by atoms with Crippen LogP contribution in [0.2, 0.25) is 0 Å². The van der Waals surface area contributed by atoms with Crippen molar-refractivity contribution in [3.05, 3.63) is 59.4 Å². The van der Waals surface area contributed by atoms with E-state index in [-0.39, 0.29) is 0 Å². The van der Waals surface area contributed by atoms with Crippen molar-refractivity contribution in [2.45, 2.75) is 52.9 Å². The fourth-order valence-corrected chi connectivity index (χ4v) is 3.60. The van der Waals surface area contributed by atoms with E-state index in [4.69, 9.17) is 4.74 Å². The molecule has 0 amide bonds. The Kier molecular flexibility index (Phi) is 5.87. The van der Waals surface area contributed by atoms with Gasteiger partial charge in [0.2, 0.25) is 0 Å². The smallest absolute Gasteiger partial charge is 0.100 e. The Morgan fingerprint density at radius 1 is 1.13 bits per heavy atom. The number of ether oxygens (including phenoxy) is 1. The highest BCUT2D eigenvalue weighted by atomic mass is 16.5. The minimum Gasteiger partial charge on any atom is -0.501 e. The molecule has 0 aromatic heterocycles. The zero-order valence-corrected chi connectivity index (χ0v) is 15.2. The van der Waals surface area contributed by atoms with Crippen LogP contribution in [0.5, 0.6) is 0 Å². The van der Waals surface area contributed by atoms with E-state index in [1.165, 1.54) is 42.4 Å². The summed E-state index contributed by atoms with van der Waals surface area (Å²) in [7, 11) is 1.73. The predicted molar refractivity (Wildman–Crippen MR) is 101 cm³/mol. The van der Waals surface area contributed by atoms with Crippen LogP contribution >= 0.6 is 0 Å². The summed E-state index contributed by atoms with van der Waals surface area (Å²) >= 11 is 0. The molecule has 23 heavy (non-hydrogen) atoms. The largest absolute Gasteiger partial charge is 0.501 e. The number of methoxy groups -OCH3 is 1. The van der Waals surface area contributed by atoms with Crippen LogP contribution in [0.15, 0.2) is 42.7 Å². The van der Waals surface area contributed by atoms with Crippen molar-refractivity contribution < 1.29 is 4.74 Å². The Morgan fingerprint density at radius 2 is 1.78 bits per heavy atom. The second-order valence-corrected chi connectivity index (χ2v) is 6.92. The lowest BCUT2D eigenvalue weighted by Gasteiger charge is -2.19. The van der Waals surface area contributed by atoms with Gasteiger partial charge in [0.15, 0.2) is 0 Å². The third-order valence-electron chi connectivity index (χ3n) is 4.94. The summed E-state index contributed by atoms with van der Waals surface area (Å²) in [6, 6.07) is 6.75. The van der Waals surface area contributed by atoms with Crippen LogP contribution in [0.3, 0.4) is 0 Å². The third kappa shape index (κ3) is 4.16. The van der Waals surface area contributed by atoms with Crippen LogP contribution in [-0.4, -0.2) is 7.11 Å². The summed E-state index contributed by atoms with van der Waals surface area (Å²) in [5.74, 6) is 1.75. The summed E-state index contributed by atoms with van der Waals surface area (Å²) in [5.41, 5.74) is 7.16.